The van der Waals surface area contributed by atoms with Crippen LogP contribution in [0, 0.1) is 0 Å². The third-order valence-corrected chi connectivity index (χ3v) is 6.58. The van der Waals surface area contributed by atoms with Crippen molar-refractivity contribution in [1.82, 2.24) is 25.2 Å². The highest BCUT2D eigenvalue weighted by molar-refractivity contribution is 5.80. The Bertz CT molecular complexity index is 1080. The fourth-order valence-corrected chi connectivity index (χ4v) is 5.05. The summed E-state index contributed by atoms with van der Waals surface area (Å²) in [7, 11) is 0. The van der Waals surface area contributed by atoms with E-state index in [4.69, 9.17) is 9.73 Å². The smallest absolute Gasteiger partial charge is 0.191 e. The summed E-state index contributed by atoms with van der Waals surface area (Å²) in [5, 5.41) is 15.7. The number of hydrogen-bond donors (Lipinski definition) is 2. The minimum atomic E-state index is -0.0297. The summed E-state index contributed by atoms with van der Waals surface area (Å²) in [6, 6.07) is 14.6. The molecule has 168 valence electrons. The van der Waals surface area contributed by atoms with Crippen molar-refractivity contribution in [3.05, 3.63) is 60.0 Å². The van der Waals surface area contributed by atoms with Crippen molar-refractivity contribution >= 4 is 11.6 Å². The lowest BCUT2D eigenvalue weighted by molar-refractivity contribution is 0.0396. The summed E-state index contributed by atoms with van der Waals surface area (Å²) < 4.78 is 8.56. The summed E-state index contributed by atoms with van der Waals surface area (Å²) >= 11 is 0. The number of fused-ring (bicyclic) bond motifs is 2. The molecule has 1 aromatic carbocycles. The Morgan fingerprint density at radius 1 is 1.16 bits per heavy atom. The molecule has 1 saturated carbocycles. The zero-order chi connectivity index (χ0) is 21.8. The molecule has 3 aromatic rings. The van der Waals surface area contributed by atoms with Crippen LogP contribution >= 0.6 is 0 Å². The van der Waals surface area contributed by atoms with E-state index in [-0.39, 0.29) is 11.6 Å². The van der Waals surface area contributed by atoms with E-state index in [0.717, 1.165) is 68.4 Å². The molecule has 0 saturated heterocycles. The van der Waals surface area contributed by atoms with Gasteiger partial charge in [0.25, 0.3) is 0 Å². The molecule has 1 fully saturated rings. The Balaban J connectivity index is 1.26. The standard InChI is InChI=1S/C25H32N6O/c1-2-26-24(27-16-9-13-23-30-29-22-12-5-8-17-31(22)23)28-20-18-25(14-6-7-15-25)32-21-11-4-3-10-19(20)21/h3-5,8,10-12,17,20H,2,6-7,9,13-16,18H2,1H3,(H2,26,27,28). The number of hydrogen-bond acceptors (Lipinski definition) is 4. The first-order valence-corrected chi connectivity index (χ1v) is 11.9. The lowest BCUT2D eigenvalue weighted by atomic mass is 9.86. The quantitative estimate of drug-likeness (QED) is 0.349. The molecule has 2 N–H and O–H groups in total. The molecule has 7 nitrogen and oxygen atoms in total. The van der Waals surface area contributed by atoms with Gasteiger partial charge in [0.15, 0.2) is 11.6 Å². The molecule has 5 rings (SSSR count). The van der Waals surface area contributed by atoms with Crippen molar-refractivity contribution in [3.63, 3.8) is 0 Å². The molecular formula is C25H32N6O. The minimum absolute atomic E-state index is 0.0297. The predicted molar refractivity (Wildman–Crippen MR) is 126 cm³/mol. The van der Waals surface area contributed by atoms with Crippen LogP contribution in [0.4, 0.5) is 0 Å². The number of rotatable bonds is 6. The Hall–Kier alpha value is -3.09. The Labute approximate surface area is 189 Å². The molecule has 1 aliphatic carbocycles. The molecule has 1 spiro atoms. The summed E-state index contributed by atoms with van der Waals surface area (Å²) in [4.78, 5) is 4.87. The zero-order valence-electron chi connectivity index (χ0n) is 18.8. The van der Waals surface area contributed by atoms with E-state index in [0.29, 0.717) is 0 Å². The average molecular weight is 433 g/mol. The van der Waals surface area contributed by atoms with Gasteiger partial charge in [0.05, 0.1) is 6.04 Å². The summed E-state index contributed by atoms with van der Waals surface area (Å²) in [6.07, 6.45) is 9.54. The molecule has 2 aromatic heterocycles. The number of para-hydroxylation sites is 1. The maximum Gasteiger partial charge on any atom is 0.191 e. The third-order valence-electron chi connectivity index (χ3n) is 6.58. The number of aliphatic imine (C=N–C) groups is 1. The molecule has 1 atom stereocenters. The normalized spacial score (nSPS) is 19.7. The molecular weight excluding hydrogens is 400 g/mol. The molecule has 7 heteroatoms. The van der Waals surface area contributed by atoms with Crippen molar-refractivity contribution in [2.45, 2.75) is 63.5 Å². The average Bonchev–Trinajstić information content (AvgIpc) is 3.44. The lowest BCUT2D eigenvalue weighted by Crippen LogP contribution is -2.46. The van der Waals surface area contributed by atoms with Gasteiger partial charge in [-0.15, -0.1) is 10.2 Å². The van der Waals surface area contributed by atoms with Gasteiger partial charge in [0.1, 0.15) is 17.2 Å². The first-order valence-electron chi connectivity index (χ1n) is 11.9. The lowest BCUT2D eigenvalue weighted by Gasteiger charge is -2.40. The highest BCUT2D eigenvalue weighted by atomic mass is 16.5. The van der Waals surface area contributed by atoms with Crippen molar-refractivity contribution in [3.8, 4) is 5.75 Å². The predicted octanol–water partition coefficient (Wildman–Crippen LogP) is 4.05. The molecule has 2 aliphatic rings. The van der Waals surface area contributed by atoms with Gasteiger partial charge in [0, 0.05) is 37.7 Å². The van der Waals surface area contributed by atoms with Crippen molar-refractivity contribution in [2.24, 2.45) is 4.99 Å². The van der Waals surface area contributed by atoms with Gasteiger partial charge in [-0.2, -0.15) is 0 Å². The van der Waals surface area contributed by atoms with Gasteiger partial charge in [0.2, 0.25) is 0 Å². The molecule has 1 unspecified atom stereocenters. The number of aryl methyl sites for hydroxylation is 1. The maximum atomic E-state index is 6.51. The van der Waals surface area contributed by atoms with E-state index in [2.05, 4.69) is 52.0 Å². The van der Waals surface area contributed by atoms with E-state index in [1.807, 2.05) is 28.8 Å². The number of ether oxygens (including phenoxy) is 1. The third kappa shape index (κ3) is 4.29. The second kappa shape index (κ2) is 9.18. The largest absolute Gasteiger partial charge is 0.487 e. The second-order valence-corrected chi connectivity index (χ2v) is 8.84. The first-order chi connectivity index (χ1) is 15.8. The number of nitrogens with one attached hydrogen (secondary N) is 2. The molecule has 0 amide bonds. The number of pyridine rings is 1. The zero-order valence-corrected chi connectivity index (χ0v) is 18.8. The van der Waals surface area contributed by atoms with Gasteiger partial charge >= 0.3 is 0 Å². The summed E-state index contributed by atoms with van der Waals surface area (Å²) in [5.41, 5.74) is 2.09. The van der Waals surface area contributed by atoms with Crippen LogP contribution in [0.5, 0.6) is 5.75 Å². The molecule has 0 radical (unpaired) electrons. The minimum Gasteiger partial charge on any atom is -0.487 e. The summed E-state index contributed by atoms with van der Waals surface area (Å²) in [6.45, 7) is 3.67. The van der Waals surface area contributed by atoms with Crippen LogP contribution in [0.1, 0.15) is 62.9 Å². The van der Waals surface area contributed by atoms with E-state index in [9.17, 15) is 0 Å². The fraction of sp³-hybridized carbons (Fsp3) is 0.480. The number of benzene rings is 1. The van der Waals surface area contributed by atoms with Crippen LogP contribution in [0.15, 0.2) is 53.7 Å². The second-order valence-electron chi connectivity index (χ2n) is 8.84. The first kappa shape index (κ1) is 20.8. The van der Waals surface area contributed by atoms with Crippen LogP contribution in [0.3, 0.4) is 0 Å². The number of nitrogens with zero attached hydrogens (tertiary/aromatic N) is 4. The SMILES string of the molecule is CCNC(=NCCCc1nnc2ccccn12)NC1CC2(CCCC2)Oc2ccccc21. The Kier molecular flexibility index (Phi) is 5.97. The molecule has 32 heavy (non-hydrogen) atoms. The van der Waals surface area contributed by atoms with E-state index < -0.39 is 0 Å². The fourth-order valence-electron chi connectivity index (χ4n) is 5.05. The van der Waals surface area contributed by atoms with Gasteiger partial charge in [-0.3, -0.25) is 9.39 Å². The van der Waals surface area contributed by atoms with E-state index in [1.54, 1.807) is 0 Å². The van der Waals surface area contributed by atoms with Crippen LogP contribution < -0.4 is 15.4 Å². The monoisotopic (exact) mass is 432 g/mol. The summed E-state index contributed by atoms with van der Waals surface area (Å²) in [5.74, 6) is 2.87. The number of aromatic nitrogens is 3. The van der Waals surface area contributed by atoms with E-state index >= 15 is 0 Å². The van der Waals surface area contributed by atoms with Crippen LogP contribution in [0.25, 0.3) is 5.65 Å². The van der Waals surface area contributed by atoms with Crippen molar-refractivity contribution < 1.29 is 4.74 Å². The Morgan fingerprint density at radius 3 is 2.88 bits per heavy atom. The van der Waals surface area contributed by atoms with Gasteiger partial charge in [-0.25, -0.2) is 0 Å². The van der Waals surface area contributed by atoms with Gasteiger partial charge in [-0.1, -0.05) is 24.3 Å². The molecule has 3 heterocycles. The van der Waals surface area contributed by atoms with Crippen LogP contribution in [-0.4, -0.2) is 39.2 Å². The molecule has 1 aliphatic heterocycles. The van der Waals surface area contributed by atoms with Crippen LogP contribution in [0.2, 0.25) is 0 Å². The van der Waals surface area contributed by atoms with E-state index in [1.165, 1.54) is 18.4 Å². The van der Waals surface area contributed by atoms with Crippen molar-refractivity contribution in [2.75, 3.05) is 13.1 Å². The van der Waals surface area contributed by atoms with Crippen molar-refractivity contribution in [1.29, 1.82) is 0 Å². The van der Waals surface area contributed by atoms with Crippen LogP contribution in [-0.2, 0) is 6.42 Å². The highest BCUT2D eigenvalue weighted by Gasteiger charge is 2.43. The van der Waals surface area contributed by atoms with Gasteiger partial charge < -0.3 is 15.4 Å². The van der Waals surface area contributed by atoms with Gasteiger partial charge in [-0.05, 0) is 57.2 Å². The topological polar surface area (TPSA) is 75.8 Å². The maximum absolute atomic E-state index is 6.51. The molecule has 0 bridgehead atoms. The number of guanidine groups is 1. The Morgan fingerprint density at radius 2 is 2.00 bits per heavy atom. The highest BCUT2D eigenvalue weighted by Crippen LogP contribution is 2.46.